The minimum Gasteiger partial charge on any atom is -0.448 e. The van der Waals surface area contributed by atoms with Crippen molar-refractivity contribution < 1.29 is 17.9 Å². The lowest BCUT2D eigenvalue weighted by molar-refractivity contribution is 0.0452. The van der Waals surface area contributed by atoms with Crippen LogP contribution in [-0.4, -0.2) is 35.6 Å². The molecule has 2 heterocycles. The van der Waals surface area contributed by atoms with Crippen molar-refractivity contribution in [3.05, 3.63) is 18.4 Å². The third kappa shape index (κ3) is 2.57. The third-order valence-electron chi connectivity index (χ3n) is 2.57. The lowest BCUT2D eigenvalue weighted by atomic mass is 9.95. The van der Waals surface area contributed by atoms with Crippen LogP contribution in [0.15, 0.2) is 17.0 Å². The van der Waals surface area contributed by atoms with Crippen molar-refractivity contribution in [2.24, 2.45) is 0 Å². The lowest BCUT2D eigenvalue weighted by Crippen LogP contribution is -2.44. The summed E-state index contributed by atoms with van der Waals surface area (Å²) in [4.78, 5) is 3.73. The Hall–Kier alpha value is -0.880. The zero-order chi connectivity index (χ0) is 10.9. The SMILES string of the molecule is O=S1(=O)CCCC(O)(Cc2cnco2)C1. The summed E-state index contributed by atoms with van der Waals surface area (Å²) in [5, 5.41) is 10.1. The minimum atomic E-state index is -3.11. The fourth-order valence-electron chi connectivity index (χ4n) is 1.97. The van der Waals surface area contributed by atoms with Gasteiger partial charge in [0, 0.05) is 6.42 Å². The maximum atomic E-state index is 11.4. The molecule has 1 saturated heterocycles. The van der Waals surface area contributed by atoms with Crippen LogP contribution in [0.2, 0.25) is 0 Å². The Balaban J connectivity index is 2.13. The molecule has 0 aromatic carbocycles. The molecule has 0 amide bonds. The molecule has 1 N–H and O–H groups in total. The van der Waals surface area contributed by atoms with Gasteiger partial charge in [-0.15, -0.1) is 0 Å². The quantitative estimate of drug-likeness (QED) is 0.784. The van der Waals surface area contributed by atoms with E-state index in [2.05, 4.69) is 4.98 Å². The van der Waals surface area contributed by atoms with Gasteiger partial charge in [-0.2, -0.15) is 0 Å². The molecule has 1 unspecified atom stereocenters. The predicted octanol–water partition coefficient (Wildman–Crippen LogP) is 0.157. The first kappa shape index (κ1) is 10.6. The van der Waals surface area contributed by atoms with Crippen LogP contribution in [0.25, 0.3) is 0 Å². The van der Waals surface area contributed by atoms with Gasteiger partial charge in [-0.25, -0.2) is 13.4 Å². The summed E-state index contributed by atoms with van der Waals surface area (Å²) < 4.78 is 27.8. The molecule has 0 bridgehead atoms. The summed E-state index contributed by atoms with van der Waals surface area (Å²) >= 11 is 0. The molecular weight excluding hydrogens is 218 g/mol. The van der Waals surface area contributed by atoms with Crippen LogP contribution >= 0.6 is 0 Å². The van der Waals surface area contributed by atoms with Gasteiger partial charge < -0.3 is 9.52 Å². The van der Waals surface area contributed by atoms with E-state index in [0.717, 1.165) is 0 Å². The van der Waals surface area contributed by atoms with E-state index in [-0.39, 0.29) is 17.9 Å². The van der Waals surface area contributed by atoms with Crippen LogP contribution in [0, 0.1) is 0 Å². The fraction of sp³-hybridized carbons (Fsp3) is 0.667. The van der Waals surface area contributed by atoms with Crippen LogP contribution in [-0.2, 0) is 16.3 Å². The van der Waals surface area contributed by atoms with Gasteiger partial charge in [0.25, 0.3) is 0 Å². The van der Waals surface area contributed by atoms with Crippen molar-refractivity contribution in [3.63, 3.8) is 0 Å². The highest BCUT2D eigenvalue weighted by atomic mass is 32.2. The first-order chi connectivity index (χ1) is 6.99. The summed E-state index contributed by atoms with van der Waals surface area (Å²) in [6, 6.07) is 0. The Morgan fingerprint density at radius 3 is 3.00 bits per heavy atom. The van der Waals surface area contributed by atoms with Gasteiger partial charge in [0.1, 0.15) is 5.76 Å². The van der Waals surface area contributed by atoms with Gasteiger partial charge in [0.05, 0.1) is 23.3 Å². The smallest absolute Gasteiger partial charge is 0.180 e. The molecule has 1 aromatic heterocycles. The highest BCUT2D eigenvalue weighted by Crippen LogP contribution is 2.26. The molecular formula is C9H13NO4S. The first-order valence-electron chi connectivity index (χ1n) is 4.79. The van der Waals surface area contributed by atoms with E-state index < -0.39 is 15.4 Å². The Labute approximate surface area is 88.0 Å². The van der Waals surface area contributed by atoms with E-state index in [0.29, 0.717) is 18.6 Å². The van der Waals surface area contributed by atoms with Gasteiger partial charge in [-0.05, 0) is 12.8 Å². The van der Waals surface area contributed by atoms with Gasteiger partial charge in [0.2, 0.25) is 0 Å². The molecule has 0 spiro atoms. The van der Waals surface area contributed by atoms with Crippen molar-refractivity contribution in [2.75, 3.05) is 11.5 Å². The molecule has 1 aliphatic rings. The maximum absolute atomic E-state index is 11.4. The van der Waals surface area contributed by atoms with E-state index in [4.69, 9.17) is 4.42 Å². The van der Waals surface area contributed by atoms with E-state index >= 15 is 0 Å². The van der Waals surface area contributed by atoms with Crippen molar-refractivity contribution in [2.45, 2.75) is 24.9 Å². The van der Waals surface area contributed by atoms with Crippen molar-refractivity contribution in [1.82, 2.24) is 4.98 Å². The summed E-state index contributed by atoms with van der Waals surface area (Å²) in [7, 11) is -3.11. The summed E-state index contributed by atoms with van der Waals surface area (Å²) in [5.41, 5.74) is -1.18. The molecule has 1 atom stereocenters. The molecule has 84 valence electrons. The lowest BCUT2D eigenvalue weighted by Gasteiger charge is -2.30. The minimum absolute atomic E-state index is 0.172. The van der Waals surface area contributed by atoms with Gasteiger partial charge in [0.15, 0.2) is 16.2 Å². The predicted molar refractivity (Wildman–Crippen MR) is 53.0 cm³/mol. The van der Waals surface area contributed by atoms with Crippen molar-refractivity contribution >= 4 is 9.84 Å². The normalized spacial score (nSPS) is 30.2. The van der Waals surface area contributed by atoms with Crippen molar-refractivity contribution in [3.8, 4) is 0 Å². The number of hydrogen-bond donors (Lipinski definition) is 1. The first-order valence-corrected chi connectivity index (χ1v) is 6.61. The second kappa shape index (κ2) is 3.61. The molecule has 5 nitrogen and oxygen atoms in total. The summed E-state index contributed by atoms with van der Waals surface area (Å²) in [6.45, 7) is 0. The second-order valence-electron chi connectivity index (χ2n) is 4.06. The molecule has 1 aliphatic heterocycles. The van der Waals surface area contributed by atoms with Crippen LogP contribution < -0.4 is 0 Å². The van der Waals surface area contributed by atoms with Gasteiger partial charge in [-0.1, -0.05) is 0 Å². The molecule has 0 radical (unpaired) electrons. The van der Waals surface area contributed by atoms with E-state index in [1.165, 1.54) is 12.6 Å². The Bertz CT molecular complexity index is 425. The molecule has 1 fully saturated rings. The number of rotatable bonds is 2. The number of oxazole rings is 1. The standard InChI is InChI=1S/C9H13NO4S/c11-9(4-8-5-10-7-14-8)2-1-3-15(12,13)6-9/h5,7,11H,1-4,6H2. The number of aliphatic hydroxyl groups is 1. The number of hydrogen-bond acceptors (Lipinski definition) is 5. The van der Waals surface area contributed by atoms with Crippen LogP contribution in [0.5, 0.6) is 0 Å². The topological polar surface area (TPSA) is 80.4 Å². The average Bonchev–Trinajstić information content (AvgIpc) is 2.52. The largest absolute Gasteiger partial charge is 0.448 e. The Morgan fingerprint density at radius 2 is 2.40 bits per heavy atom. The van der Waals surface area contributed by atoms with Gasteiger partial charge >= 0.3 is 0 Å². The third-order valence-corrected chi connectivity index (χ3v) is 4.46. The molecule has 6 heteroatoms. The zero-order valence-electron chi connectivity index (χ0n) is 8.22. The second-order valence-corrected chi connectivity index (χ2v) is 6.25. The highest BCUT2D eigenvalue weighted by Gasteiger charge is 2.37. The Morgan fingerprint density at radius 1 is 1.60 bits per heavy atom. The molecule has 15 heavy (non-hydrogen) atoms. The van der Waals surface area contributed by atoms with E-state index in [1.807, 2.05) is 0 Å². The van der Waals surface area contributed by atoms with Crippen LogP contribution in [0.1, 0.15) is 18.6 Å². The fourth-order valence-corrected chi connectivity index (χ4v) is 3.76. The molecule has 1 aromatic rings. The monoisotopic (exact) mass is 231 g/mol. The zero-order valence-corrected chi connectivity index (χ0v) is 9.03. The van der Waals surface area contributed by atoms with Crippen LogP contribution in [0.4, 0.5) is 0 Å². The van der Waals surface area contributed by atoms with E-state index in [9.17, 15) is 13.5 Å². The van der Waals surface area contributed by atoms with Gasteiger partial charge in [-0.3, -0.25) is 0 Å². The van der Waals surface area contributed by atoms with Crippen molar-refractivity contribution in [1.29, 1.82) is 0 Å². The number of aromatic nitrogens is 1. The molecule has 0 aliphatic carbocycles. The summed E-state index contributed by atoms with van der Waals surface area (Å²) in [5.74, 6) is 0.515. The number of sulfone groups is 1. The highest BCUT2D eigenvalue weighted by molar-refractivity contribution is 7.91. The van der Waals surface area contributed by atoms with Crippen LogP contribution in [0.3, 0.4) is 0 Å². The maximum Gasteiger partial charge on any atom is 0.180 e. The molecule has 2 rings (SSSR count). The van der Waals surface area contributed by atoms with E-state index in [1.54, 1.807) is 0 Å². The average molecular weight is 231 g/mol. The number of nitrogens with zero attached hydrogens (tertiary/aromatic N) is 1. The molecule has 0 saturated carbocycles. The Kier molecular flexibility index (Phi) is 2.56. The summed E-state index contributed by atoms with van der Waals surface area (Å²) in [6.07, 6.45) is 3.99.